The van der Waals surface area contributed by atoms with Gasteiger partial charge in [-0.2, -0.15) is 11.8 Å². The van der Waals surface area contributed by atoms with Crippen LogP contribution in [0.2, 0.25) is 0 Å². The van der Waals surface area contributed by atoms with Crippen LogP contribution in [0, 0.1) is 0 Å². The summed E-state index contributed by atoms with van der Waals surface area (Å²) in [5, 5.41) is 36.6. The van der Waals surface area contributed by atoms with E-state index in [4.69, 9.17) is 17.2 Å². The number of phenols is 1. The van der Waals surface area contributed by atoms with Crippen LogP contribution in [-0.2, 0) is 25.6 Å². The van der Waals surface area contributed by atoms with E-state index in [2.05, 4.69) is 20.9 Å². The smallest absolute Gasteiger partial charge is 0.326 e. The SMILES string of the molecule is CSCCC(NC(=O)C(Cc1ccc(O)cc1)NC(=O)C(NC(=O)C(N)CCCN=C(N)N)C(C)O)C(=O)O. The van der Waals surface area contributed by atoms with E-state index in [-0.39, 0.29) is 37.5 Å². The number of aliphatic imine (C=N–C) groups is 1. The summed E-state index contributed by atoms with van der Waals surface area (Å²) in [4.78, 5) is 54.2. The van der Waals surface area contributed by atoms with Crippen molar-refractivity contribution in [2.24, 2.45) is 22.2 Å². The number of nitrogens with zero attached hydrogens (tertiary/aromatic N) is 1. The minimum absolute atomic E-state index is 0.00156. The molecule has 39 heavy (non-hydrogen) atoms. The molecule has 0 fully saturated rings. The molecule has 0 aliphatic heterocycles. The number of rotatable bonds is 17. The van der Waals surface area contributed by atoms with E-state index in [9.17, 15) is 34.5 Å². The number of aliphatic hydroxyl groups is 1. The predicted molar refractivity (Wildman–Crippen MR) is 148 cm³/mol. The molecule has 5 atom stereocenters. The maximum atomic E-state index is 13.1. The summed E-state index contributed by atoms with van der Waals surface area (Å²) >= 11 is 1.42. The van der Waals surface area contributed by atoms with Crippen molar-refractivity contribution in [2.45, 2.75) is 62.9 Å². The minimum Gasteiger partial charge on any atom is -0.508 e. The van der Waals surface area contributed by atoms with Gasteiger partial charge in [-0.3, -0.25) is 19.4 Å². The van der Waals surface area contributed by atoms with Gasteiger partial charge in [-0.1, -0.05) is 12.1 Å². The first kappa shape index (κ1) is 33.5. The Bertz CT molecular complexity index is 988. The predicted octanol–water partition coefficient (Wildman–Crippen LogP) is -2.01. The van der Waals surface area contributed by atoms with E-state index in [1.54, 1.807) is 18.4 Å². The van der Waals surface area contributed by atoms with E-state index in [1.165, 1.54) is 30.8 Å². The Labute approximate surface area is 231 Å². The number of aromatic hydroxyl groups is 1. The summed E-state index contributed by atoms with van der Waals surface area (Å²) in [5.41, 5.74) is 17.0. The Morgan fingerprint density at radius 1 is 0.974 bits per heavy atom. The number of aliphatic hydroxyl groups excluding tert-OH is 1. The minimum atomic E-state index is -1.46. The number of thioether (sulfide) groups is 1. The zero-order valence-corrected chi connectivity index (χ0v) is 22.8. The fraction of sp³-hybridized carbons (Fsp3) is 0.542. The van der Waals surface area contributed by atoms with Crippen LogP contribution < -0.4 is 33.2 Å². The average molecular weight is 570 g/mol. The molecule has 0 aliphatic carbocycles. The molecule has 218 valence electrons. The second kappa shape index (κ2) is 17.1. The molecule has 0 saturated heterocycles. The third-order valence-electron chi connectivity index (χ3n) is 5.60. The maximum Gasteiger partial charge on any atom is 0.326 e. The van der Waals surface area contributed by atoms with Crippen molar-refractivity contribution in [3.63, 3.8) is 0 Å². The summed E-state index contributed by atoms with van der Waals surface area (Å²) in [6.45, 7) is 1.54. The number of hydrogen-bond acceptors (Lipinski definition) is 9. The molecule has 0 aliphatic rings. The van der Waals surface area contributed by atoms with Crippen LogP contribution in [0.5, 0.6) is 5.75 Å². The molecule has 3 amide bonds. The number of nitrogens with two attached hydrogens (primary N) is 3. The Kier molecular flexibility index (Phi) is 14.7. The molecule has 14 nitrogen and oxygen atoms in total. The molecule has 0 saturated carbocycles. The normalized spacial score (nSPS) is 14.7. The lowest BCUT2D eigenvalue weighted by Gasteiger charge is -2.26. The largest absolute Gasteiger partial charge is 0.508 e. The van der Waals surface area contributed by atoms with Gasteiger partial charge in [-0.15, -0.1) is 0 Å². The number of carboxylic acids is 1. The molecule has 1 aromatic carbocycles. The van der Waals surface area contributed by atoms with E-state index in [0.717, 1.165) is 0 Å². The zero-order chi connectivity index (χ0) is 29.5. The lowest BCUT2D eigenvalue weighted by atomic mass is 10.0. The topological polar surface area (TPSA) is 255 Å². The van der Waals surface area contributed by atoms with Crippen molar-refractivity contribution in [3.8, 4) is 5.75 Å². The van der Waals surface area contributed by atoms with Gasteiger partial charge < -0.3 is 48.5 Å². The number of guanidine groups is 1. The van der Waals surface area contributed by atoms with Gasteiger partial charge >= 0.3 is 5.97 Å². The number of carboxylic acid groups (broad SMARTS) is 1. The Hall–Kier alpha value is -3.56. The van der Waals surface area contributed by atoms with Crippen LogP contribution in [-0.4, -0.2) is 93.8 Å². The number of hydrogen-bond donors (Lipinski definition) is 9. The molecular weight excluding hydrogens is 530 g/mol. The number of carbonyl (C=O) groups excluding carboxylic acids is 3. The van der Waals surface area contributed by atoms with Crippen LogP contribution >= 0.6 is 11.8 Å². The second-order valence-corrected chi connectivity index (χ2v) is 9.88. The monoisotopic (exact) mass is 569 g/mol. The van der Waals surface area contributed by atoms with Gasteiger partial charge in [0, 0.05) is 13.0 Å². The van der Waals surface area contributed by atoms with Crippen molar-refractivity contribution < 1.29 is 34.5 Å². The third kappa shape index (κ3) is 12.7. The van der Waals surface area contributed by atoms with Crippen LogP contribution in [0.3, 0.4) is 0 Å². The van der Waals surface area contributed by atoms with Crippen molar-refractivity contribution >= 4 is 41.4 Å². The number of carbonyl (C=O) groups is 4. The van der Waals surface area contributed by atoms with Gasteiger partial charge in [-0.25, -0.2) is 4.79 Å². The average Bonchev–Trinajstić information content (AvgIpc) is 2.87. The fourth-order valence-electron chi connectivity index (χ4n) is 3.42. The molecule has 0 radical (unpaired) electrons. The Balaban J connectivity index is 3.03. The van der Waals surface area contributed by atoms with Crippen LogP contribution in [0.4, 0.5) is 0 Å². The van der Waals surface area contributed by atoms with Crippen molar-refractivity contribution in [1.82, 2.24) is 16.0 Å². The van der Waals surface area contributed by atoms with Crippen molar-refractivity contribution in [3.05, 3.63) is 29.8 Å². The molecule has 0 heterocycles. The van der Waals surface area contributed by atoms with Gasteiger partial charge in [0.1, 0.15) is 23.9 Å². The van der Waals surface area contributed by atoms with E-state index < -0.39 is 54.0 Å². The zero-order valence-electron chi connectivity index (χ0n) is 22.0. The fourth-order valence-corrected chi connectivity index (χ4v) is 3.89. The summed E-state index contributed by atoms with van der Waals surface area (Å²) in [6, 6.07) is 0.966. The van der Waals surface area contributed by atoms with Crippen molar-refractivity contribution in [1.29, 1.82) is 0 Å². The summed E-state index contributed by atoms with van der Waals surface area (Å²) in [7, 11) is 0. The summed E-state index contributed by atoms with van der Waals surface area (Å²) < 4.78 is 0. The number of benzene rings is 1. The highest BCUT2D eigenvalue weighted by Gasteiger charge is 2.32. The van der Waals surface area contributed by atoms with E-state index in [1.807, 2.05) is 0 Å². The Morgan fingerprint density at radius 2 is 1.59 bits per heavy atom. The summed E-state index contributed by atoms with van der Waals surface area (Å²) in [5.74, 6) is -3.19. The highest BCUT2D eigenvalue weighted by atomic mass is 32.2. The van der Waals surface area contributed by atoms with Gasteiger partial charge in [-0.05, 0) is 55.9 Å². The maximum absolute atomic E-state index is 13.1. The van der Waals surface area contributed by atoms with E-state index >= 15 is 0 Å². The first-order valence-electron chi connectivity index (χ1n) is 12.3. The highest BCUT2D eigenvalue weighted by molar-refractivity contribution is 7.98. The van der Waals surface area contributed by atoms with Crippen LogP contribution in [0.15, 0.2) is 29.3 Å². The second-order valence-electron chi connectivity index (χ2n) is 8.89. The molecule has 5 unspecified atom stereocenters. The summed E-state index contributed by atoms with van der Waals surface area (Å²) in [6.07, 6.45) is 1.15. The first-order chi connectivity index (χ1) is 18.3. The van der Waals surface area contributed by atoms with Gasteiger partial charge in [0.2, 0.25) is 17.7 Å². The number of phenolic OH excluding ortho intramolecular Hbond substituents is 1. The number of nitrogens with one attached hydrogen (secondary N) is 3. The van der Waals surface area contributed by atoms with Crippen LogP contribution in [0.25, 0.3) is 0 Å². The Morgan fingerprint density at radius 3 is 2.13 bits per heavy atom. The molecule has 0 bridgehead atoms. The third-order valence-corrected chi connectivity index (χ3v) is 6.25. The van der Waals surface area contributed by atoms with Crippen molar-refractivity contribution in [2.75, 3.05) is 18.6 Å². The molecule has 1 rings (SSSR count). The van der Waals surface area contributed by atoms with Crippen LogP contribution in [0.1, 0.15) is 31.7 Å². The molecular formula is C24H39N7O7S. The molecule has 0 spiro atoms. The van der Waals surface area contributed by atoms with E-state index in [0.29, 0.717) is 17.7 Å². The van der Waals surface area contributed by atoms with Gasteiger partial charge in [0.25, 0.3) is 0 Å². The lowest BCUT2D eigenvalue weighted by molar-refractivity contribution is -0.142. The highest BCUT2D eigenvalue weighted by Crippen LogP contribution is 2.12. The molecule has 15 heteroatoms. The standard InChI is InChI=1S/C24H39N7O7S/c1-13(32)19(31-20(34)16(25)4-3-10-28-24(26)27)22(36)30-18(12-14-5-7-15(33)8-6-14)21(35)29-17(23(37)38)9-11-39-2/h5-8,13,16-19,32-33H,3-4,9-12,25H2,1-2H3,(H,29,35)(H,30,36)(H,31,34)(H,37,38)(H4,26,27,28). The molecule has 1 aromatic rings. The first-order valence-corrected chi connectivity index (χ1v) is 13.6. The lowest BCUT2D eigenvalue weighted by Crippen LogP contribution is -2.60. The quantitative estimate of drug-likeness (QED) is 0.0562. The number of amides is 3. The number of aliphatic carboxylic acids is 1. The van der Waals surface area contributed by atoms with Gasteiger partial charge in [0.05, 0.1) is 12.1 Å². The molecule has 0 aromatic heterocycles. The molecule has 12 N–H and O–H groups in total. The van der Waals surface area contributed by atoms with Gasteiger partial charge in [0.15, 0.2) is 5.96 Å².